The van der Waals surface area contributed by atoms with E-state index in [4.69, 9.17) is 37.9 Å². The van der Waals surface area contributed by atoms with E-state index in [0.29, 0.717) is 12.8 Å². The number of ether oxygens (including phenoxy) is 8. The Balaban J connectivity index is 1.58. The van der Waals surface area contributed by atoms with Crippen molar-refractivity contribution in [3.8, 4) is 0 Å². The number of aliphatic hydroxyl groups is 10. The highest BCUT2D eigenvalue weighted by atomic mass is 16.8. The zero-order chi connectivity index (χ0) is 55.5. The van der Waals surface area contributed by atoms with Gasteiger partial charge in [-0.3, -0.25) is 9.59 Å². The first kappa shape index (κ1) is 68.1. The van der Waals surface area contributed by atoms with Crippen LogP contribution in [0.3, 0.4) is 0 Å². The summed E-state index contributed by atoms with van der Waals surface area (Å²) < 4.78 is 45.4. The normalized spacial score (nSPS) is 30.6. The van der Waals surface area contributed by atoms with Crippen LogP contribution in [-0.2, 0) is 47.5 Å². The van der Waals surface area contributed by atoms with E-state index < -0.39 is 137 Å². The van der Waals surface area contributed by atoms with Crippen LogP contribution in [-0.4, -0.2) is 188 Å². The van der Waals surface area contributed by atoms with Crippen molar-refractivity contribution in [2.45, 2.75) is 292 Å². The van der Waals surface area contributed by atoms with Gasteiger partial charge in [-0.2, -0.15) is 0 Å². The number of hydrogen-bond acceptors (Lipinski definition) is 20. The molecule has 3 saturated heterocycles. The number of rotatable bonds is 42. The van der Waals surface area contributed by atoms with Crippen molar-refractivity contribution >= 4 is 11.9 Å². The smallest absolute Gasteiger partial charge is 0.306 e. The minimum Gasteiger partial charge on any atom is -0.462 e. The number of carbonyl (C=O) groups excluding carboxylic acids is 2. The molecular weight excluding hydrogens is 993 g/mol. The predicted octanol–water partition coefficient (Wildman–Crippen LogP) is 4.94. The maximum atomic E-state index is 13.2. The quantitative estimate of drug-likeness (QED) is 0.0220. The SMILES string of the molecule is CCCCCC/C=C\C/C=C\CCCCCCC(=O)OC[C@H](CO[C@H]1OC(CO)[C@@H](O)C(O)C1O[C@@H]1OC(O[C@H]2OC(CO)[C@H](O)C(O)C2O)[C@H](O)C(O)C1O)OC(=O)CCCCCCCCCCCCCCCCC. The lowest BCUT2D eigenvalue weighted by Gasteiger charge is -2.47. The number of unbranched alkanes of at least 4 members (excludes halogenated alkanes) is 22. The van der Waals surface area contributed by atoms with Crippen LogP contribution in [0.2, 0.25) is 0 Å². The Labute approximate surface area is 452 Å². The second kappa shape index (κ2) is 40.9. The molecular formula is C56H100O20. The van der Waals surface area contributed by atoms with Gasteiger partial charge in [0.05, 0.1) is 19.8 Å². The van der Waals surface area contributed by atoms with E-state index in [-0.39, 0.29) is 12.8 Å². The van der Waals surface area contributed by atoms with E-state index in [1.807, 2.05) is 0 Å². The van der Waals surface area contributed by atoms with E-state index in [1.54, 1.807) is 0 Å². The molecule has 3 heterocycles. The van der Waals surface area contributed by atoms with E-state index >= 15 is 0 Å². The fourth-order valence-electron chi connectivity index (χ4n) is 9.39. The molecule has 0 aromatic rings. The molecule has 0 aromatic carbocycles. The molecule has 3 fully saturated rings. The summed E-state index contributed by atoms with van der Waals surface area (Å²) in [5.41, 5.74) is 0. The maximum Gasteiger partial charge on any atom is 0.306 e. The standard InChI is InChI=1S/C56H100O20/c1-3-5-7-9-11-13-15-17-19-21-23-25-27-29-31-33-42(59)69-37-39(71-43(60)34-32-30-28-26-24-22-20-18-16-14-12-10-8-6-4-2)38-70-56-52(48(65)45(62)41(36-58)73-56)74-54-50(67)47(64)51(68)55(76-54)75-53-49(66)46(63)44(61)40(35-57)72-53/h13,15,19,21,39-41,44-58,61-68H,3-12,14,16-18,20,22-38H2,1-2H3/b15-13-,21-19-/t39-,40?,41?,44+,45-,46?,47?,48?,49?,50?,51-,52?,53-,54-,55?,56+/m1/s1. The molecule has 0 bridgehead atoms. The zero-order valence-electron chi connectivity index (χ0n) is 45.7. The number of aliphatic hydroxyl groups excluding tert-OH is 10. The van der Waals surface area contributed by atoms with E-state index in [2.05, 4.69) is 38.2 Å². The third-order valence-corrected chi connectivity index (χ3v) is 14.2. The summed E-state index contributed by atoms with van der Waals surface area (Å²) in [5.74, 6) is -1.08. The van der Waals surface area contributed by atoms with Crippen molar-refractivity contribution in [3.63, 3.8) is 0 Å². The average Bonchev–Trinajstić information content (AvgIpc) is 3.41. The Morgan fingerprint density at radius 1 is 0.434 bits per heavy atom. The molecule has 9 unspecified atom stereocenters. The molecule has 20 heteroatoms. The Bertz CT molecular complexity index is 1540. The van der Waals surface area contributed by atoms with E-state index in [1.165, 1.54) is 89.9 Å². The molecule has 0 aromatic heterocycles. The van der Waals surface area contributed by atoms with Crippen LogP contribution in [0.4, 0.5) is 0 Å². The van der Waals surface area contributed by atoms with Crippen molar-refractivity contribution in [1.82, 2.24) is 0 Å². The van der Waals surface area contributed by atoms with Gasteiger partial charge >= 0.3 is 11.9 Å². The van der Waals surface area contributed by atoms with Crippen molar-refractivity contribution < 1.29 is 98.5 Å². The molecule has 16 atom stereocenters. The van der Waals surface area contributed by atoms with Crippen LogP contribution >= 0.6 is 0 Å². The summed E-state index contributed by atoms with van der Waals surface area (Å²) >= 11 is 0. The maximum absolute atomic E-state index is 13.2. The van der Waals surface area contributed by atoms with Gasteiger partial charge in [-0.05, 0) is 44.9 Å². The number of hydrogen-bond donors (Lipinski definition) is 10. The first-order valence-corrected chi connectivity index (χ1v) is 29.0. The van der Waals surface area contributed by atoms with Gasteiger partial charge in [-0.25, -0.2) is 0 Å². The molecule has 10 N–H and O–H groups in total. The third-order valence-electron chi connectivity index (χ3n) is 14.2. The first-order valence-electron chi connectivity index (χ1n) is 29.0. The van der Waals surface area contributed by atoms with Crippen molar-refractivity contribution in [2.75, 3.05) is 26.4 Å². The fraction of sp³-hybridized carbons (Fsp3) is 0.893. The first-order chi connectivity index (χ1) is 36.8. The van der Waals surface area contributed by atoms with Gasteiger partial charge in [-0.1, -0.05) is 160 Å². The summed E-state index contributed by atoms with van der Waals surface area (Å²) in [5, 5.41) is 105. The van der Waals surface area contributed by atoms with E-state index in [9.17, 15) is 60.7 Å². The molecule has 3 rings (SSSR count). The summed E-state index contributed by atoms with van der Waals surface area (Å²) in [6, 6.07) is 0. The Hall–Kier alpha value is -2.22. The van der Waals surface area contributed by atoms with Gasteiger partial charge < -0.3 is 89.0 Å². The topological polar surface area (TPSA) is 310 Å². The van der Waals surface area contributed by atoms with Gasteiger partial charge in [0.2, 0.25) is 0 Å². The summed E-state index contributed by atoms with van der Waals surface area (Å²) in [7, 11) is 0. The molecule has 444 valence electrons. The summed E-state index contributed by atoms with van der Waals surface area (Å²) in [4.78, 5) is 26.2. The molecule has 0 aliphatic carbocycles. The Morgan fingerprint density at radius 3 is 1.36 bits per heavy atom. The predicted molar refractivity (Wildman–Crippen MR) is 280 cm³/mol. The fourth-order valence-corrected chi connectivity index (χ4v) is 9.39. The lowest BCUT2D eigenvalue weighted by Crippen LogP contribution is -2.66. The largest absolute Gasteiger partial charge is 0.462 e. The highest BCUT2D eigenvalue weighted by Gasteiger charge is 2.53. The van der Waals surface area contributed by atoms with Crippen molar-refractivity contribution in [1.29, 1.82) is 0 Å². The Kier molecular flexibility index (Phi) is 36.6. The van der Waals surface area contributed by atoms with Crippen molar-refractivity contribution in [3.05, 3.63) is 24.3 Å². The van der Waals surface area contributed by atoms with Crippen LogP contribution in [0.1, 0.15) is 194 Å². The number of allylic oxidation sites excluding steroid dienone is 4. The molecule has 76 heavy (non-hydrogen) atoms. The highest BCUT2D eigenvalue weighted by Crippen LogP contribution is 2.32. The van der Waals surface area contributed by atoms with Gasteiger partial charge in [-0.15, -0.1) is 0 Å². The van der Waals surface area contributed by atoms with Crippen LogP contribution in [0.15, 0.2) is 24.3 Å². The molecule has 3 aliphatic rings. The molecule has 0 spiro atoms. The monoisotopic (exact) mass is 1090 g/mol. The van der Waals surface area contributed by atoms with E-state index in [0.717, 1.165) is 64.2 Å². The zero-order valence-corrected chi connectivity index (χ0v) is 45.7. The lowest BCUT2D eigenvalue weighted by molar-refractivity contribution is -0.416. The minimum atomic E-state index is -2.07. The van der Waals surface area contributed by atoms with Gasteiger partial charge in [0, 0.05) is 12.8 Å². The molecule has 0 saturated carbocycles. The molecule has 3 aliphatic heterocycles. The van der Waals surface area contributed by atoms with Crippen LogP contribution in [0, 0.1) is 0 Å². The molecule has 0 amide bonds. The number of esters is 2. The van der Waals surface area contributed by atoms with Gasteiger partial charge in [0.25, 0.3) is 0 Å². The van der Waals surface area contributed by atoms with Gasteiger partial charge in [0.1, 0.15) is 73.8 Å². The lowest BCUT2D eigenvalue weighted by atomic mass is 9.98. The average molecular weight is 1090 g/mol. The second-order valence-corrected chi connectivity index (χ2v) is 20.8. The highest BCUT2D eigenvalue weighted by molar-refractivity contribution is 5.70. The summed E-state index contributed by atoms with van der Waals surface area (Å²) in [6.45, 7) is 1.93. The van der Waals surface area contributed by atoms with Crippen molar-refractivity contribution in [2.24, 2.45) is 0 Å². The minimum absolute atomic E-state index is 0.0916. The Morgan fingerprint density at radius 2 is 0.842 bits per heavy atom. The second-order valence-electron chi connectivity index (χ2n) is 20.8. The molecule has 0 radical (unpaired) electrons. The summed E-state index contributed by atoms with van der Waals surface area (Å²) in [6.07, 6.45) is 9.04. The van der Waals surface area contributed by atoms with Crippen LogP contribution in [0.25, 0.3) is 0 Å². The third kappa shape index (κ3) is 25.9. The number of carbonyl (C=O) groups is 2. The van der Waals surface area contributed by atoms with Crippen LogP contribution in [0.5, 0.6) is 0 Å². The molecule has 20 nitrogen and oxygen atoms in total. The van der Waals surface area contributed by atoms with Gasteiger partial charge in [0.15, 0.2) is 31.3 Å². The van der Waals surface area contributed by atoms with Crippen LogP contribution < -0.4 is 0 Å².